The van der Waals surface area contributed by atoms with Crippen LogP contribution >= 0.6 is 0 Å². The molecule has 1 aromatic carbocycles. The highest BCUT2D eigenvalue weighted by Gasteiger charge is 2.20. The van der Waals surface area contributed by atoms with Crippen molar-refractivity contribution in [2.24, 2.45) is 0 Å². The van der Waals surface area contributed by atoms with E-state index in [1.165, 1.54) is 0 Å². The predicted octanol–water partition coefficient (Wildman–Crippen LogP) is 1.26. The van der Waals surface area contributed by atoms with Crippen LogP contribution in [0.5, 0.6) is 0 Å². The summed E-state index contributed by atoms with van der Waals surface area (Å²) in [7, 11) is 0. The molecule has 150 valence electrons. The van der Waals surface area contributed by atoms with Crippen molar-refractivity contribution in [3.63, 3.8) is 0 Å². The number of carbonyl (C=O) groups excluding carboxylic acids is 2. The average molecular weight is 385 g/mol. The fourth-order valence-electron chi connectivity index (χ4n) is 3.24. The van der Waals surface area contributed by atoms with E-state index in [0.717, 1.165) is 43.9 Å². The monoisotopic (exact) mass is 385 g/mol. The zero-order valence-electron chi connectivity index (χ0n) is 16.5. The van der Waals surface area contributed by atoms with Crippen LogP contribution in [-0.2, 0) is 16.0 Å². The molecule has 0 radical (unpaired) electrons. The van der Waals surface area contributed by atoms with Crippen LogP contribution in [0.25, 0.3) is 11.4 Å². The summed E-state index contributed by atoms with van der Waals surface area (Å²) in [5, 5.41) is 6.71. The Bertz CT molecular complexity index is 812. The Morgan fingerprint density at radius 1 is 1.18 bits per heavy atom. The summed E-state index contributed by atoms with van der Waals surface area (Å²) in [5.41, 5.74) is 1.92. The van der Waals surface area contributed by atoms with Crippen LogP contribution < -0.4 is 5.32 Å². The number of hydrogen-bond donors (Lipinski definition) is 1. The Morgan fingerprint density at radius 2 is 1.93 bits per heavy atom. The number of aromatic nitrogens is 2. The molecule has 8 nitrogen and oxygen atoms in total. The number of piperazine rings is 1. The first-order valence-corrected chi connectivity index (χ1v) is 9.72. The molecule has 2 heterocycles. The molecule has 1 aromatic heterocycles. The molecule has 0 saturated carbocycles. The van der Waals surface area contributed by atoms with Gasteiger partial charge in [-0.2, -0.15) is 4.98 Å². The third kappa shape index (κ3) is 5.16. The topological polar surface area (TPSA) is 91.6 Å². The van der Waals surface area contributed by atoms with Gasteiger partial charge in [0.25, 0.3) is 0 Å². The second-order valence-corrected chi connectivity index (χ2v) is 6.92. The van der Waals surface area contributed by atoms with Crippen LogP contribution in [0.15, 0.2) is 28.8 Å². The lowest BCUT2D eigenvalue weighted by molar-refractivity contribution is -0.132. The molecule has 1 saturated heterocycles. The van der Waals surface area contributed by atoms with Crippen molar-refractivity contribution < 1.29 is 14.1 Å². The molecule has 8 heteroatoms. The van der Waals surface area contributed by atoms with Crippen LogP contribution in [0.4, 0.5) is 0 Å². The lowest BCUT2D eigenvalue weighted by atomic mass is 10.1. The third-order valence-electron chi connectivity index (χ3n) is 5.00. The van der Waals surface area contributed by atoms with Crippen molar-refractivity contribution in [2.75, 3.05) is 39.3 Å². The van der Waals surface area contributed by atoms with Gasteiger partial charge in [-0.05, 0) is 19.0 Å². The number of aryl methyl sites for hydroxylation is 1. The minimum atomic E-state index is -0.233. The summed E-state index contributed by atoms with van der Waals surface area (Å²) in [6.45, 7) is 8.75. The molecule has 0 bridgehead atoms. The Morgan fingerprint density at radius 3 is 2.64 bits per heavy atom. The maximum atomic E-state index is 12.2. The molecular formula is C20H27N5O3. The summed E-state index contributed by atoms with van der Waals surface area (Å²) in [4.78, 5) is 32.8. The molecule has 0 aliphatic carbocycles. The van der Waals surface area contributed by atoms with Gasteiger partial charge in [-0.3, -0.25) is 9.59 Å². The molecule has 0 atom stereocenters. The van der Waals surface area contributed by atoms with Crippen LogP contribution in [0.1, 0.15) is 24.8 Å². The van der Waals surface area contributed by atoms with Crippen LogP contribution in [0, 0.1) is 6.92 Å². The summed E-state index contributed by atoms with van der Waals surface area (Å²) in [5.74, 6) is 0.583. The number of nitrogens with zero attached hydrogens (tertiary/aromatic N) is 4. The van der Waals surface area contributed by atoms with Gasteiger partial charge in [0.2, 0.25) is 23.5 Å². The van der Waals surface area contributed by atoms with Crippen LogP contribution in [0.3, 0.4) is 0 Å². The zero-order valence-corrected chi connectivity index (χ0v) is 16.5. The largest absolute Gasteiger partial charge is 0.355 e. The molecule has 0 spiro atoms. The Labute approximate surface area is 164 Å². The summed E-state index contributed by atoms with van der Waals surface area (Å²) >= 11 is 0. The Hall–Kier alpha value is -2.74. The van der Waals surface area contributed by atoms with Gasteiger partial charge in [-0.15, -0.1) is 0 Å². The van der Waals surface area contributed by atoms with Gasteiger partial charge < -0.3 is 19.6 Å². The average Bonchev–Trinajstić information content (AvgIpc) is 3.16. The number of hydrogen-bond acceptors (Lipinski definition) is 6. The van der Waals surface area contributed by atoms with E-state index in [1.807, 2.05) is 36.1 Å². The number of carbonyl (C=O) groups is 2. The minimum Gasteiger partial charge on any atom is -0.355 e. The quantitative estimate of drug-likeness (QED) is 0.771. The Kier molecular flexibility index (Phi) is 6.76. The van der Waals surface area contributed by atoms with Crippen LogP contribution in [-0.4, -0.2) is 71.0 Å². The van der Waals surface area contributed by atoms with E-state index >= 15 is 0 Å². The number of benzene rings is 1. The fourth-order valence-corrected chi connectivity index (χ4v) is 3.24. The number of nitrogens with one attached hydrogen (secondary N) is 1. The number of amides is 2. The molecule has 1 fully saturated rings. The first-order valence-electron chi connectivity index (χ1n) is 9.72. The molecule has 3 rings (SSSR count). The number of rotatable bonds is 7. The molecular weight excluding hydrogens is 358 g/mol. The highest BCUT2D eigenvalue weighted by Crippen LogP contribution is 2.19. The minimum absolute atomic E-state index is 0.00223. The molecule has 1 aliphatic rings. The van der Waals surface area contributed by atoms with Gasteiger partial charge >= 0.3 is 0 Å². The Balaban J connectivity index is 1.41. The number of likely N-dealkylation sites (N-methyl/N-ethyl adjacent to an activating group) is 1. The van der Waals surface area contributed by atoms with Gasteiger partial charge in [0.05, 0.1) is 0 Å². The van der Waals surface area contributed by atoms with E-state index in [4.69, 9.17) is 4.52 Å². The van der Waals surface area contributed by atoms with Gasteiger partial charge in [0, 0.05) is 44.7 Å². The van der Waals surface area contributed by atoms with E-state index in [9.17, 15) is 9.59 Å². The molecule has 1 aliphatic heterocycles. The van der Waals surface area contributed by atoms with Crippen molar-refractivity contribution in [2.45, 2.75) is 26.7 Å². The summed E-state index contributed by atoms with van der Waals surface area (Å²) in [6, 6.07) is 7.73. The second-order valence-electron chi connectivity index (χ2n) is 6.92. The van der Waals surface area contributed by atoms with Crippen molar-refractivity contribution >= 4 is 11.8 Å². The lowest BCUT2D eigenvalue weighted by Crippen LogP contribution is -2.49. The summed E-state index contributed by atoms with van der Waals surface area (Å²) < 4.78 is 5.19. The van der Waals surface area contributed by atoms with Gasteiger partial charge in [-0.1, -0.05) is 36.3 Å². The van der Waals surface area contributed by atoms with E-state index in [0.29, 0.717) is 18.8 Å². The normalized spacial score (nSPS) is 14.9. The highest BCUT2D eigenvalue weighted by atomic mass is 16.5. The highest BCUT2D eigenvalue weighted by molar-refractivity contribution is 5.80. The van der Waals surface area contributed by atoms with Crippen molar-refractivity contribution in [3.05, 3.63) is 35.7 Å². The van der Waals surface area contributed by atoms with E-state index in [2.05, 4.69) is 27.3 Å². The van der Waals surface area contributed by atoms with Gasteiger partial charge in [-0.25, -0.2) is 0 Å². The van der Waals surface area contributed by atoms with Gasteiger partial charge in [0.15, 0.2) is 0 Å². The van der Waals surface area contributed by atoms with Crippen molar-refractivity contribution in [3.8, 4) is 11.4 Å². The fraction of sp³-hybridized carbons (Fsp3) is 0.500. The molecule has 1 N–H and O–H groups in total. The standard InChI is InChI=1S/C20H27N5O3/c1-3-24-10-12-25(13-11-24)19(27)8-9-21-17(26)14-18-22-20(23-28-18)16-7-5-4-6-15(16)2/h4-7H,3,8-14H2,1-2H3,(H,21,26). The molecule has 2 amide bonds. The van der Waals surface area contributed by atoms with Gasteiger partial charge in [0.1, 0.15) is 6.42 Å². The van der Waals surface area contributed by atoms with Crippen LogP contribution in [0.2, 0.25) is 0 Å². The predicted molar refractivity (Wildman–Crippen MR) is 104 cm³/mol. The third-order valence-corrected chi connectivity index (χ3v) is 5.00. The SMILES string of the molecule is CCN1CCN(C(=O)CCNC(=O)Cc2nc(-c3ccccc3C)no2)CC1. The molecule has 28 heavy (non-hydrogen) atoms. The smallest absolute Gasteiger partial charge is 0.236 e. The maximum Gasteiger partial charge on any atom is 0.236 e. The van der Waals surface area contributed by atoms with E-state index in [1.54, 1.807) is 0 Å². The van der Waals surface area contributed by atoms with Crippen molar-refractivity contribution in [1.29, 1.82) is 0 Å². The second kappa shape index (κ2) is 9.45. The first-order chi connectivity index (χ1) is 13.6. The van der Waals surface area contributed by atoms with E-state index < -0.39 is 0 Å². The lowest BCUT2D eigenvalue weighted by Gasteiger charge is -2.34. The maximum absolute atomic E-state index is 12.2. The van der Waals surface area contributed by atoms with E-state index in [-0.39, 0.29) is 24.1 Å². The molecule has 2 aromatic rings. The zero-order chi connectivity index (χ0) is 19.9. The summed E-state index contributed by atoms with van der Waals surface area (Å²) in [6.07, 6.45) is 0.304. The van der Waals surface area contributed by atoms with Crippen molar-refractivity contribution in [1.82, 2.24) is 25.3 Å². The first kappa shape index (κ1) is 20.0. The molecule has 0 unspecified atom stereocenters.